The number of nitrogens with zero attached hydrogens (tertiary/aromatic N) is 4. The van der Waals surface area contributed by atoms with E-state index >= 15 is 0 Å². The molecule has 1 aromatic carbocycles. The van der Waals surface area contributed by atoms with Crippen molar-refractivity contribution in [3.63, 3.8) is 0 Å². The molecular formula is C19H25Cl2N5O2. The largest absolute Gasteiger partial charge is 0.369 e. The minimum absolute atomic E-state index is 0. The van der Waals surface area contributed by atoms with Crippen LogP contribution in [0.1, 0.15) is 48.0 Å². The van der Waals surface area contributed by atoms with Crippen molar-refractivity contribution in [3.8, 4) is 0 Å². The zero-order chi connectivity index (χ0) is 18.8. The summed E-state index contributed by atoms with van der Waals surface area (Å²) in [6.07, 6.45) is 3.54. The number of amides is 1. The molecule has 2 aromatic rings. The predicted octanol–water partition coefficient (Wildman–Crippen LogP) is 2.88. The van der Waals surface area contributed by atoms with E-state index in [1.807, 2.05) is 40.8 Å². The third-order valence-electron chi connectivity index (χ3n) is 5.36. The fraction of sp³-hybridized carbons (Fsp3) is 0.526. The fourth-order valence-electron chi connectivity index (χ4n) is 3.74. The zero-order valence-electron chi connectivity index (χ0n) is 15.8. The van der Waals surface area contributed by atoms with Crippen molar-refractivity contribution >= 4 is 29.9 Å². The summed E-state index contributed by atoms with van der Waals surface area (Å²) in [6.45, 7) is 4.83. The zero-order valence-corrected chi connectivity index (χ0v) is 17.3. The molecule has 2 saturated heterocycles. The van der Waals surface area contributed by atoms with Crippen molar-refractivity contribution in [3.05, 3.63) is 46.7 Å². The number of nitrogens with one attached hydrogen (secondary N) is 1. The lowest BCUT2D eigenvalue weighted by Crippen LogP contribution is -2.48. The molecule has 7 nitrogen and oxygen atoms in total. The number of morpholine rings is 1. The molecule has 0 spiro atoms. The molecule has 1 N–H and O–H groups in total. The van der Waals surface area contributed by atoms with E-state index in [0.29, 0.717) is 29.9 Å². The number of hydrogen-bond acceptors (Lipinski definition) is 5. The highest BCUT2D eigenvalue weighted by atomic mass is 35.5. The van der Waals surface area contributed by atoms with Gasteiger partial charge in [0, 0.05) is 10.6 Å². The summed E-state index contributed by atoms with van der Waals surface area (Å²) in [5.41, 5.74) is 1.29. The van der Waals surface area contributed by atoms with Gasteiger partial charge >= 0.3 is 0 Å². The lowest BCUT2D eigenvalue weighted by atomic mass is 10.1. The first-order chi connectivity index (χ1) is 13.1. The van der Waals surface area contributed by atoms with E-state index in [1.165, 1.54) is 0 Å². The number of rotatable bonds is 3. The minimum Gasteiger partial charge on any atom is -0.369 e. The molecule has 2 unspecified atom stereocenters. The van der Waals surface area contributed by atoms with Crippen LogP contribution in [-0.2, 0) is 4.74 Å². The van der Waals surface area contributed by atoms with Crippen LogP contribution in [0.25, 0.3) is 0 Å². The second-order valence-corrected chi connectivity index (χ2v) is 7.62. The SMILES string of the molecule is CC1COC(c2ccccc2Cl)CN1C(=O)c1cn(C2CCNCC2)nn1.Cl. The Morgan fingerprint density at radius 2 is 2.04 bits per heavy atom. The van der Waals surface area contributed by atoms with Crippen molar-refractivity contribution in [2.75, 3.05) is 26.2 Å². The van der Waals surface area contributed by atoms with Crippen LogP contribution in [0.5, 0.6) is 0 Å². The first kappa shape index (κ1) is 21.0. The molecule has 0 aliphatic carbocycles. The second-order valence-electron chi connectivity index (χ2n) is 7.21. The number of piperidine rings is 1. The standard InChI is InChI=1S/C19H24ClN5O2.ClH/c1-13-12-27-18(15-4-2-3-5-16(15)20)11-24(13)19(26)17-10-25(23-22-17)14-6-8-21-9-7-14;/h2-5,10,13-14,18,21H,6-9,11-12H2,1H3;1H. The van der Waals surface area contributed by atoms with Crippen molar-refractivity contribution in [2.24, 2.45) is 0 Å². The summed E-state index contributed by atoms with van der Waals surface area (Å²) >= 11 is 6.31. The molecule has 152 valence electrons. The number of aromatic nitrogens is 3. The summed E-state index contributed by atoms with van der Waals surface area (Å²) in [5, 5.41) is 12.4. The highest BCUT2D eigenvalue weighted by Crippen LogP contribution is 2.30. The quantitative estimate of drug-likeness (QED) is 0.818. The number of carbonyl (C=O) groups excluding carboxylic acids is 1. The molecule has 28 heavy (non-hydrogen) atoms. The monoisotopic (exact) mass is 425 g/mol. The molecule has 0 radical (unpaired) electrons. The van der Waals surface area contributed by atoms with E-state index in [9.17, 15) is 4.79 Å². The molecule has 0 saturated carbocycles. The van der Waals surface area contributed by atoms with E-state index < -0.39 is 0 Å². The topological polar surface area (TPSA) is 72.3 Å². The molecule has 2 aliphatic rings. The first-order valence-corrected chi connectivity index (χ1v) is 9.81. The summed E-state index contributed by atoms with van der Waals surface area (Å²) in [7, 11) is 0. The van der Waals surface area contributed by atoms with Gasteiger partial charge < -0.3 is 15.0 Å². The van der Waals surface area contributed by atoms with E-state index in [1.54, 1.807) is 6.20 Å². The van der Waals surface area contributed by atoms with Gasteiger partial charge in [-0.1, -0.05) is 35.0 Å². The summed E-state index contributed by atoms with van der Waals surface area (Å²) in [5.74, 6) is -0.108. The number of ether oxygens (including phenoxy) is 1. The molecule has 4 rings (SSSR count). The van der Waals surface area contributed by atoms with Crippen LogP contribution in [0.15, 0.2) is 30.5 Å². The van der Waals surface area contributed by atoms with Gasteiger partial charge in [-0.3, -0.25) is 4.79 Å². The second kappa shape index (κ2) is 9.22. The lowest BCUT2D eigenvalue weighted by molar-refractivity contribution is -0.0488. The Kier molecular flexibility index (Phi) is 6.93. The molecule has 9 heteroatoms. The van der Waals surface area contributed by atoms with Gasteiger partial charge in [0.15, 0.2) is 5.69 Å². The molecule has 1 aromatic heterocycles. The first-order valence-electron chi connectivity index (χ1n) is 9.43. The smallest absolute Gasteiger partial charge is 0.276 e. The molecule has 1 amide bonds. The van der Waals surface area contributed by atoms with Gasteiger partial charge in [0.05, 0.1) is 31.4 Å². The Balaban J connectivity index is 0.00000225. The Labute approximate surface area is 175 Å². The number of benzene rings is 1. The average molecular weight is 426 g/mol. The van der Waals surface area contributed by atoms with Crippen LogP contribution < -0.4 is 5.32 Å². The van der Waals surface area contributed by atoms with Crippen molar-refractivity contribution < 1.29 is 9.53 Å². The molecule has 2 fully saturated rings. The number of halogens is 2. The van der Waals surface area contributed by atoms with Crippen LogP contribution in [0.3, 0.4) is 0 Å². The maximum Gasteiger partial charge on any atom is 0.276 e. The number of carbonyl (C=O) groups is 1. The van der Waals surface area contributed by atoms with Gasteiger partial charge in [0.1, 0.15) is 6.10 Å². The van der Waals surface area contributed by atoms with Gasteiger partial charge in [-0.2, -0.15) is 0 Å². The average Bonchev–Trinajstić information content (AvgIpc) is 3.19. The van der Waals surface area contributed by atoms with Crippen LogP contribution in [0.2, 0.25) is 5.02 Å². The van der Waals surface area contributed by atoms with Crippen LogP contribution in [0, 0.1) is 0 Å². The van der Waals surface area contributed by atoms with E-state index in [-0.39, 0.29) is 30.5 Å². The van der Waals surface area contributed by atoms with Crippen LogP contribution in [0.4, 0.5) is 0 Å². The van der Waals surface area contributed by atoms with Crippen molar-refractivity contribution in [2.45, 2.75) is 38.0 Å². The molecule has 2 atom stereocenters. The molecular weight excluding hydrogens is 401 g/mol. The van der Waals surface area contributed by atoms with Crippen LogP contribution >= 0.6 is 24.0 Å². The minimum atomic E-state index is -0.238. The van der Waals surface area contributed by atoms with E-state index in [4.69, 9.17) is 16.3 Å². The molecule has 0 bridgehead atoms. The third-order valence-corrected chi connectivity index (χ3v) is 5.70. The van der Waals surface area contributed by atoms with Crippen LogP contribution in [-0.4, -0.2) is 58.1 Å². The van der Waals surface area contributed by atoms with Crippen molar-refractivity contribution in [1.29, 1.82) is 0 Å². The summed E-state index contributed by atoms with van der Waals surface area (Å²) in [4.78, 5) is 14.9. The Hall–Kier alpha value is -1.67. The molecule has 3 heterocycles. The maximum atomic E-state index is 13.1. The number of hydrogen-bond donors (Lipinski definition) is 1. The predicted molar refractivity (Wildman–Crippen MR) is 109 cm³/mol. The maximum absolute atomic E-state index is 13.1. The highest BCUT2D eigenvalue weighted by Gasteiger charge is 2.33. The van der Waals surface area contributed by atoms with Gasteiger partial charge in [-0.15, -0.1) is 17.5 Å². The Bertz CT molecular complexity index is 809. The summed E-state index contributed by atoms with van der Waals surface area (Å²) in [6, 6.07) is 7.88. The fourth-order valence-corrected chi connectivity index (χ4v) is 3.99. The Morgan fingerprint density at radius 1 is 1.29 bits per heavy atom. The summed E-state index contributed by atoms with van der Waals surface area (Å²) < 4.78 is 7.79. The normalized spacial score (nSPS) is 23.3. The van der Waals surface area contributed by atoms with Gasteiger partial charge in [-0.25, -0.2) is 4.68 Å². The Morgan fingerprint density at radius 3 is 2.79 bits per heavy atom. The van der Waals surface area contributed by atoms with Gasteiger partial charge in [0.25, 0.3) is 5.91 Å². The molecule has 2 aliphatic heterocycles. The van der Waals surface area contributed by atoms with E-state index in [0.717, 1.165) is 31.5 Å². The van der Waals surface area contributed by atoms with Gasteiger partial charge in [0.2, 0.25) is 0 Å². The van der Waals surface area contributed by atoms with Gasteiger partial charge in [-0.05, 0) is 38.9 Å². The highest BCUT2D eigenvalue weighted by molar-refractivity contribution is 6.31. The third kappa shape index (κ3) is 4.33. The van der Waals surface area contributed by atoms with Crippen molar-refractivity contribution in [1.82, 2.24) is 25.2 Å². The van der Waals surface area contributed by atoms with E-state index in [2.05, 4.69) is 15.6 Å². The lowest BCUT2D eigenvalue weighted by Gasteiger charge is -2.38.